The number of carbonyl (C=O) groups is 1. The van der Waals surface area contributed by atoms with E-state index in [4.69, 9.17) is 0 Å². The molecule has 2 N–H and O–H groups in total. The Kier molecular flexibility index (Phi) is 6.52. The third kappa shape index (κ3) is 5.48. The highest BCUT2D eigenvalue weighted by Crippen LogP contribution is 2.31. The minimum atomic E-state index is -4.52. The predicted octanol–water partition coefficient (Wildman–Crippen LogP) is 5.44. The van der Waals surface area contributed by atoms with Crippen LogP contribution in [0.2, 0.25) is 0 Å². The predicted molar refractivity (Wildman–Crippen MR) is 134 cm³/mol. The summed E-state index contributed by atoms with van der Waals surface area (Å²) in [6.45, 7) is 1.83. The van der Waals surface area contributed by atoms with Crippen LogP contribution in [-0.2, 0) is 6.18 Å². The number of aromatic nitrogens is 6. The van der Waals surface area contributed by atoms with Crippen molar-refractivity contribution in [1.82, 2.24) is 29.5 Å². The molecule has 0 atom stereocenters. The molecule has 12 heteroatoms. The first-order chi connectivity index (χ1) is 18.3. The van der Waals surface area contributed by atoms with Crippen molar-refractivity contribution >= 4 is 23.2 Å². The number of nitrogens with one attached hydrogen (secondary N) is 2. The lowest BCUT2D eigenvalue weighted by Crippen LogP contribution is -2.14. The van der Waals surface area contributed by atoms with Gasteiger partial charge in [-0.2, -0.15) is 28.1 Å². The molecule has 0 bridgehead atoms. The van der Waals surface area contributed by atoms with Gasteiger partial charge >= 0.3 is 6.18 Å². The number of nitrogens with zero attached hydrogens (tertiary/aromatic N) is 6. The number of halogens is 3. The van der Waals surface area contributed by atoms with E-state index in [0.717, 1.165) is 17.7 Å². The largest absolute Gasteiger partial charge is 0.416 e. The topological polar surface area (TPSA) is 111 Å². The van der Waals surface area contributed by atoms with Gasteiger partial charge in [-0.3, -0.25) is 14.3 Å². The first-order valence-corrected chi connectivity index (χ1v) is 11.3. The van der Waals surface area contributed by atoms with E-state index in [1.54, 1.807) is 59.9 Å². The summed E-state index contributed by atoms with van der Waals surface area (Å²) in [7, 11) is 0. The van der Waals surface area contributed by atoms with Crippen molar-refractivity contribution in [2.24, 2.45) is 0 Å². The average molecular weight is 516 g/mol. The molecule has 0 aliphatic rings. The summed E-state index contributed by atoms with van der Waals surface area (Å²) in [6, 6.07) is 12.9. The number of anilines is 3. The molecule has 0 fully saturated rings. The quantitative estimate of drug-likeness (QED) is 0.309. The zero-order chi connectivity index (χ0) is 26.7. The highest BCUT2D eigenvalue weighted by atomic mass is 19.4. The van der Waals surface area contributed by atoms with Gasteiger partial charge in [-0.15, -0.1) is 0 Å². The highest BCUT2D eigenvalue weighted by molar-refractivity contribution is 6.05. The van der Waals surface area contributed by atoms with Crippen LogP contribution < -0.4 is 10.6 Å². The molecule has 0 spiro atoms. The van der Waals surface area contributed by atoms with Gasteiger partial charge in [-0.1, -0.05) is 12.1 Å². The lowest BCUT2D eigenvalue weighted by Gasteiger charge is -2.13. The van der Waals surface area contributed by atoms with E-state index in [0.29, 0.717) is 23.0 Å². The zero-order valence-electron chi connectivity index (χ0n) is 19.8. The summed E-state index contributed by atoms with van der Waals surface area (Å²) in [6.07, 6.45) is 3.58. The molecule has 0 saturated heterocycles. The highest BCUT2D eigenvalue weighted by Gasteiger charge is 2.30. The lowest BCUT2D eigenvalue weighted by atomic mass is 10.1. The van der Waals surface area contributed by atoms with Crippen molar-refractivity contribution in [3.8, 4) is 17.3 Å². The Morgan fingerprint density at radius 2 is 1.82 bits per heavy atom. The smallest absolute Gasteiger partial charge is 0.324 e. The molecule has 3 aromatic heterocycles. The Hall–Kier alpha value is -5.13. The molecule has 3 heterocycles. The molecule has 0 radical (unpaired) electrons. The number of aryl methyl sites for hydroxylation is 1. The van der Waals surface area contributed by atoms with Crippen LogP contribution in [0.1, 0.15) is 21.5 Å². The molecule has 0 aliphatic heterocycles. The maximum Gasteiger partial charge on any atom is 0.416 e. The van der Waals surface area contributed by atoms with Gasteiger partial charge in [0.15, 0.2) is 5.82 Å². The summed E-state index contributed by atoms with van der Waals surface area (Å²) < 4.78 is 40.7. The van der Waals surface area contributed by atoms with Gasteiger partial charge in [0.2, 0.25) is 11.9 Å². The number of hydrogen-bond acceptors (Lipinski definition) is 7. The second-order valence-corrected chi connectivity index (χ2v) is 8.18. The lowest BCUT2D eigenvalue weighted by molar-refractivity contribution is -0.137. The summed E-state index contributed by atoms with van der Waals surface area (Å²) in [4.78, 5) is 34.5. The molecule has 38 heavy (non-hydrogen) atoms. The SMILES string of the molecule is Cc1ccc(C(=O)Nc2cccc(C(F)(F)F)c2)cc1Nc1nc(-c2cccnc2)nc(-n2ccnc2)n1. The number of alkyl halides is 3. The number of carbonyl (C=O) groups excluding carboxylic acids is 1. The Morgan fingerprint density at radius 3 is 2.55 bits per heavy atom. The van der Waals surface area contributed by atoms with Gasteiger partial charge in [0.25, 0.3) is 5.91 Å². The Bertz CT molecular complexity index is 1590. The van der Waals surface area contributed by atoms with E-state index in [9.17, 15) is 18.0 Å². The van der Waals surface area contributed by atoms with Crippen LogP contribution in [0.15, 0.2) is 85.7 Å². The van der Waals surface area contributed by atoms with E-state index in [1.807, 2.05) is 13.0 Å². The van der Waals surface area contributed by atoms with Crippen molar-refractivity contribution in [3.05, 3.63) is 102 Å². The van der Waals surface area contributed by atoms with Crippen LogP contribution in [0.3, 0.4) is 0 Å². The van der Waals surface area contributed by atoms with Gasteiger partial charge in [0.05, 0.1) is 5.56 Å². The number of benzene rings is 2. The summed E-state index contributed by atoms with van der Waals surface area (Å²) in [5, 5.41) is 5.64. The Balaban J connectivity index is 1.44. The normalized spacial score (nSPS) is 11.3. The Morgan fingerprint density at radius 1 is 0.947 bits per heavy atom. The fourth-order valence-electron chi connectivity index (χ4n) is 3.53. The molecule has 1 amide bonds. The molecule has 190 valence electrons. The number of hydrogen-bond donors (Lipinski definition) is 2. The number of imidazole rings is 1. The minimum absolute atomic E-state index is 0.0310. The monoisotopic (exact) mass is 516 g/mol. The first kappa shape index (κ1) is 24.6. The number of rotatable bonds is 6. The van der Waals surface area contributed by atoms with E-state index in [1.165, 1.54) is 12.1 Å². The van der Waals surface area contributed by atoms with Crippen LogP contribution in [0.25, 0.3) is 17.3 Å². The third-order valence-electron chi connectivity index (χ3n) is 5.47. The fraction of sp³-hybridized carbons (Fsp3) is 0.0769. The van der Waals surface area contributed by atoms with Gasteiger partial charge in [-0.05, 0) is 55.0 Å². The van der Waals surface area contributed by atoms with Crippen LogP contribution in [0, 0.1) is 6.92 Å². The maximum absolute atomic E-state index is 13.0. The van der Waals surface area contributed by atoms with E-state index in [2.05, 4.69) is 35.6 Å². The minimum Gasteiger partial charge on any atom is -0.324 e. The molecule has 0 aliphatic carbocycles. The van der Waals surface area contributed by atoms with Crippen molar-refractivity contribution in [2.45, 2.75) is 13.1 Å². The summed E-state index contributed by atoms with van der Waals surface area (Å²) in [5.41, 5.74) is 1.39. The van der Waals surface area contributed by atoms with Gasteiger partial charge < -0.3 is 10.6 Å². The second-order valence-electron chi connectivity index (χ2n) is 8.18. The van der Waals surface area contributed by atoms with Crippen molar-refractivity contribution < 1.29 is 18.0 Å². The zero-order valence-corrected chi connectivity index (χ0v) is 19.8. The van der Waals surface area contributed by atoms with E-state index >= 15 is 0 Å². The molecule has 9 nitrogen and oxygen atoms in total. The Labute approximate surface area is 214 Å². The summed E-state index contributed by atoms with van der Waals surface area (Å²) in [5.74, 6) is 0.324. The van der Waals surface area contributed by atoms with Crippen molar-refractivity contribution in [1.29, 1.82) is 0 Å². The van der Waals surface area contributed by atoms with Crippen LogP contribution in [0.4, 0.5) is 30.5 Å². The molecular weight excluding hydrogens is 497 g/mol. The van der Waals surface area contributed by atoms with Gasteiger partial charge in [0.1, 0.15) is 6.33 Å². The maximum atomic E-state index is 13.0. The standard InChI is InChI=1S/C26H19F3N8O/c1-16-7-8-17(23(38)32-20-6-2-5-19(13-20)26(27,28)29)12-21(16)33-24-34-22(18-4-3-9-30-14-18)35-25(36-24)37-11-10-31-15-37/h2-15H,1H3,(H,32,38)(H,33,34,35,36). The van der Waals surface area contributed by atoms with Crippen LogP contribution in [-0.4, -0.2) is 35.4 Å². The van der Waals surface area contributed by atoms with E-state index < -0.39 is 17.6 Å². The summed E-state index contributed by atoms with van der Waals surface area (Å²) >= 11 is 0. The average Bonchev–Trinajstić information content (AvgIpc) is 3.45. The van der Waals surface area contributed by atoms with E-state index in [-0.39, 0.29) is 17.2 Å². The third-order valence-corrected chi connectivity index (χ3v) is 5.47. The second kappa shape index (κ2) is 10.1. The van der Waals surface area contributed by atoms with Gasteiger partial charge in [-0.25, -0.2) is 4.98 Å². The molecular formula is C26H19F3N8O. The van der Waals surface area contributed by atoms with Crippen molar-refractivity contribution in [3.63, 3.8) is 0 Å². The fourth-order valence-corrected chi connectivity index (χ4v) is 3.53. The molecule has 0 saturated carbocycles. The number of pyridine rings is 1. The molecule has 5 rings (SSSR count). The van der Waals surface area contributed by atoms with Crippen LogP contribution >= 0.6 is 0 Å². The van der Waals surface area contributed by atoms with Crippen LogP contribution in [0.5, 0.6) is 0 Å². The van der Waals surface area contributed by atoms with Crippen molar-refractivity contribution in [2.75, 3.05) is 10.6 Å². The molecule has 5 aromatic rings. The number of amides is 1. The molecule has 0 unspecified atom stereocenters. The van der Waals surface area contributed by atoms with Gasteiger partial charge in [0, 0.05) is 47.3 Å². The first-order valence-electron chi connectivity index (χ1n) is 11.3. The molecule has 2 aromatic carbocycles.